The minimum atomic E-state index is 0.649. The zero-order valence-corrected chi connectivity index (χ0v) is 6.64. The molecule has 3 rings (SSSR count). The summed E-state index contributed by atoms with van der Waals surface area (Å²) in [5.41, 5.74) is 1.43. The van der Waals surface area contributed by atoms with Gasteiger partial charge in [0.2, 0.25) is 0 Å². The quantitative estimate of drug-likeness (QED) is 0.517. The van der Waals surface area contributed by atoms with E-state index in [0.717, 1.165) is 16.4 Å². The van der Waals surface area contributed by atoms with Crippen molar-refractivity contribution in [2.45, 2.75) is 0 Å². The van der Waals surface area contributed by atoms with Crippen LogP contribution in [-0.2, 0) is 0 Å². The SMILES string of the molecule is c1cc2c(ncc3occc32)nn1. The summed E-state index contributed by atoms with van der Waals surface area (Å²) in [5, 5.41) is 9.67. The fourth-order valence-electron chi connectivity index (χ4n) is 1.39. The van der Waals surface area contributed by atoms with Crippen LogP contribution in [0, 0.1) is 0 Å². The Morgan fingerprint density at radius 3 is 3.15 bits per heavy atom. The molecule has 0 unspecified atom stereocenters. The molecule has 0 aromatic carbocycles. The highest BCUT2D eigenvalue weighted by Crippen LogP contribution is 2.21. The smallest absolute Gasteiger partial charge is 0.182 e. The van der Waals surface area contributed by atoms with Crippen molar-refractivity contribution in [2.75, 3.05) is 0 Å². The molecule has 3 aromatic heterocycles. The third-order valence-electron chi connectivity index (χ3n) is 1.99. The van der Waals surface area contributed by atoms with Crippen LogP contribution in [0.5, 0.6) is 0 Å². The Morgan fingerprint density at radius 2 is 2.15 bits per heavy atom. The predicted molar refractivity (Wildman–Crippen MR) is 47.1 cm³/mol. The van der Waals surface area contributed by atoms with E-state index in [2.05, 4.69) is 15.2 Å². The molecule has 0 radical (unpaired) electrons. The molecule has 0 amide bonds. The number of hydrogen-bond acceptors (Lipinski definition) is 4. The van der Waals surface area contributed by atoms with Crippen LogP contribution in [0.4, 0.5) is 0 Å². The maximum Gasteiger partial charge on any atom is 0.182 e. The molecule has 0 aliphatic heterocycles. The Labute approximate surface area is 73.2 Å². The standard InChI is InChI=1S/C9H5N3O/c1-3-11-12-9-7(1)6-2-4-13-8(6)5-10-9/h1-5H. The van der Waals surface area contributed by atoms with Crippen molar-refractivity contribution in [3.05, 3.63) is 30.8 Å². The molecule has 3 aromatic rings. The summed E-state index contributed by atoms with van der Waals surface area (Å²) in [6.45, 7) is 0. The summed E-state index contributed by atoms with van der Waals surface area (Å²) in [7, 11) is 0. The van der Waals surface area contributed by atoms with Gasteiger partial charge in [-0.2, -0.15) is 5.10 Å². The molecule has 0 aliphatic carbocycles. The Balaban J connectivity index is 2.65. The van der Waals surface area contributed by atoms with Gasteiger partial charge in [0.05, 0.1) is 18.7 Å². The van der Waals surface area contributed by atoms with Crippen LogP contribution in [0.1, 0.15) is 0 Å². The predicted octanol–water partition coefficient (Wildman–Crippen LogP) is 1.77. The molecule has 3 heterocycles. The Morgan fingerprint density at radius 1 is 1.15 bits per heavy atom. The van der Waals surface area contributed by atoms with E-state index >= 15 is 0 Å². The van der Waals surface area contributed by atoms with Crippen LogP contribution >= 0.6 is 0 Å². The van der Waals surface area contributed by atoms with Crippen molar-refractivity contribution >= 4 is 22.0 Å². The molecule has 62 valence electrons. The van der Waals surface area contributed by atoms with Gasteiger partial charge in [-0.15, -0.1) is 5.10 Å². The molecule has 4 heteroatoms. The fraction of sp³-hybridized carbons (Fsp3) is 0. The van der Waals surface area contributed by atoms with Gasteiger partial charge in [-0.1, -0.05) is 0 Å². The first kappa shape index (κ1) is 6.54. The first-order chi connectivity index (χ1) is 6.45. The molecular weight excluding hydrogens is 166 g/mol. The maximum atomic E-state index is 5.22. The van der Waals surface area contributed by atoms with Gasteiger partial charge in [0.25, 0.3) is 0 Å². The van der Waals surface area contributed by atoms with E-state index < -0.39 is 0 Å². The monoisotopic (exact) mass is 171 g/mol. The molecule has 4 nitrogen and oxygen atoms in total. The van der Waals surface area contributed by atoms with E-state index in [1.165, 1.54) is 0 Å². The van der Waals surface area contributed by atoms with Crippen LogP contribution in [0.3, 0.4) is 0 Å². The van der Waals surface area contributed by atoms with Crippen LogP contribution < -0.4 is 0 Å². The van der Waals surface area contributed by atoms with Crippen molar-refractivity contribution in [2.24, 2.45) is 0 Å². The van der Waals surface area contributed by atoms with Crippen molar-refractivity contribution < 1.29 is 4.42 Å². The van der Waals surface area contributed by atoms with Gasteiger partial charge in [0.1, 0.15) is 0 Å². The highest BCUT2D eigenvalue weighted by Gasteiger charge is 2.03. The van der Waals surface area contributed by atoms with Crippen LogP contribution in [0.15, 0.2) is 35.2 Å². The van der Waals surface area contributed by atoms with Gasteiger partial charge in [0, 0.05) is 10.8 Å². The Kier molecular flexibility index (Phi) is 1.14. The highest BCUT2D eigenvalue weighted by molar-refractivity contribution is 6.01. The summed E-state index contributed by atoms with van der Waals surface area (Å²) < 4.78 is 5.22. The summed E-state index contributed by atoms with van der Waals surface area (Å²) in [5.74, 6) is 0. The van der Waals surface area contributed by atoms with E-state index in [0.29, 0.717) is 5.65 Å². The van der Waals surface area contributed by atoms with Gasteiger partial charge in [0.15, 0.2) is 11.2 Å². The van der Waals surface area contributed by atoms with E-state index in [1.54, 1.807) is 18.7 Å². The maximum absolute atomic E-state index is 5.22. The Hall–Kier alpha value is -1.97. The van der Waals surface area contributed by atoms with Crippen molar-refractivity contribution in [3.63, 3.8) is 0 Å². The largest absolute Gasteiger partial charge is 0.463 e. The molecule has 0 N–H and O–H groups in total. The number of nitrogens with zero attached hydrogens (tertiary/aromatic N) is 3. The summed E-state index contributed by atoms with van der Waals surface area (Å²) in [6.07, 6.45) is 4.95. The van der Waals surface area contributed by atoms with Gasteiger partial charge < -0.3 is 4.42 Å². The number of fused-ring (bicyclic) bond motifs is 3. The zero-order valence-electron chi connectivity index (χ0n) is 6.64. The number of hydrogen-bond donors (Lipinski definition) is 0. The molecule has 13 heavy (non-hydrogen) atoms. The lowest BCUT2D eigenvalue weighted by Crippen LogP contribution is -1.85. The molecule has 0 saturated carbocycles. The fourth-order valence-corrected chi connectivity index (χ4v) is 1.39. The third-order valence-corrected chi connectivity index (χ3v) is 1.99. The Bertz CT molecular complexity index is 573. The number of aromatic nitrogens is 3. The lowest BCUT2D eigenvalue weighted by atomic mass is 10.2. The lowest BCUT2D eigenvalue weighted by Gasteiger charge is -1.93. The van der Waals surface area contributed by atoms with Crippen molar-refractivity contribution in [1.29, 1.82) is 0 Å². The van der Waals surface area contributed by atoms with Gasteiger partial charge in [-0.3, -0.25) is 0 Å². The average Bonchev–Trinajstić information content (AvgIpc) is 2.65. The van der Waals surface area contributed by atoms with Crippen molar-refractivity contribution in [1.82, 2.24) is 15.2 Å². The second-order valence-corrected chi connectivity index (χ2v) is 2.73. The van der Waals surface area contributed by atoms with Gasteiger partial charge in [-0.05, 0) is 12.1 Å². The first-order valence-corrected chi connectivity index (χ1v) is 3.89. The molecule has 0 aliphatic rings. The normalized spacial score (nSPS) is 11.1. The zero-order chi connectivity index (χ0) is 8.67. The van der Waals surface area contributed by atoms with Crippen LogP contribution in [0.25, 0.3) is 22.0 Å². The van der Waals surface area contributed by atoms with Crippen LogP contribution in [-0.4, -0.2) is 15.2 Å². The second kappa shape index (κ2) is 2.26. The molecule has 0 atom stereocenters. The van der Waals surface area contributed by atoms with E-state index in [-0.39, 0.29) is 0 Å². The summed E-state index contributed by atoms with van der Waals surface area (Å²) in [6, 6.07) is 3.79. The summed E-state index contributed by atoms with van der Waals surface area (Å²) in [4.78, 5) is 4.11. The molecule has 0 spiro atoms. The average molecular weight is 171 g/mol. The highest BCUT2D eigenvalue weighted by atomic mass is 16.3. The second-order valence-electron chi connectivity index (χ2n) is 2.73. The summed E-state index contributed by atoms with van der Waals surface area (Å²) >= 11 is 0. The topological polar surface area (TPSA) is 51.8 Å². The third kappa shape index (κ3) is 0.823. The van der Waals surface area contributed by atoms with Gasteiger partial charge >= 0.3 is 0 Å². The van der Waals surface area contributed by atoms with E-state index in [4.69, 9.17) is 4.42 Å². The minimum absolute atomic E-state index is 0.649. The molecule has 0 bridgehead atoms. The van der Waals surface area contributed by atoms with E-state index in [9.17, 15) is 0 Å². The van der Waals surface area contributed by atoms with Crippen LogP contribution in [0.2, 0.25) is 0 Å². The van der Waals surface area contributed by atoms with Crippen molar-refractivity contribution in [3.8, 4) is 0 Å². The number of rotatable bonds is 0. The first-order valence-electron chi connectivity index (χ1n) is 3.89. The molecular formula is C9H5N3O. The lowest BCUT2D eigenvalue weighted by molar-refractivity contribution is 0.614. The molecule has 0 fully saturated rings. The number of furan rings is 1. The van der Waals surface area contributed by atoms with Gasteiger partial charge in [-0.25, -0.2) is 4.98 Å². The molecule has 0 saturated heterocycles. The van der Waals surface area contributed by atoms with E-state index in [1.807, 2.05) is 12.1 Å². The number of pyridine rings is 1. The minimum Gasteiger partial charge on any atom is -0.463 e.